The molecular weight excluding hydrogens is 370 g/mol. The SMILES string of the molecule is O=C(COc1ccc(Oc2ccccc2)cc1)Nc1ccc(-n2cnnn2)cc1. The topological polar surface area (TPSA) is 91.2 Å². The molecule has 0 aliphatic rings. The van der Waals surface area contributed by atoms with Gasteiger partial charge in [0.2, 0.25) is 0 Å². The van der Waals surface area contributed by atoms with Gasteiger partial charge in [-0.25, -0.2) is 4.68 Å². The van der Waals surface area contributed by atoms with Crippen LogP contribution in [0.3, 0.4) is 0 Å². The monoisotopic (exact) mass is 387 g/mol. The lowest BCUT2D eigenvalue weighted by molar-refractivity contribution is -0.118. The summed E-state index contributed by atoms with van der Waals surface area (Å²) >= 11 is 0. The number of tetrazole rings is 1. The van der Waals surface area contributed by atoms with E-state index in [0.717, 1.165) is 11.4 Å². The summed E-state index contributed by atoms with van der Waals surface area (Å²) in [6.07, 6.45) is 1.50. The van der Waals surface area contributed by atoms with E-state index in [1.807, 2.05) is 30.3 Å². The third-order valence-corrected chi connectivity index (χ3v) is 3.94. The summed E-state index contributed by atoms with van der Waals surface area (Å²) in [5.41, 5.74) is 1.45. The number of para-hydroxylation sites is 1. The second kappa shape index (κ2) is 8.66. The molecule has 4 aromatic rings. The number of hydrogen-bond donors (Lipinski definition) is 1. The molecule has 8 heteroatoms. The Bertz CT molecular complexity index is 1050. The predicted molar refractivity (Wildman–Crippen MR) is 106 cm³/mol. The van der Waals surface area contributed by atoms with Crippen LogP contribution in [-0.2, 0) is 4.79 Å². The third kappa shape index (κ3) is 4.95. The number of amides is 1. The molecule has 0 saturated heterocycles. The van der Waals surface area contributed by atoms with Crippen LogP contribution in [0.1, 0.15) is 0 Å². The number of benzene rings is 3. The van der Waals surface area contributed by atoms with Crippen molar-refractivity contribution in [2.75, 3.05) is 11.9 Å². The van der Waals surface area contributed by atoms with E-state index in [1.165, 1.54) is 11.0 Å². The van der Waals surface area contributed by atoms with Crippen LogP contribution in [-0.4, -0.2) is 32.7 Å². The van der Waals surface area contributed by atoms with Gasteiger partial charge in [-0.05, 0) is 71.1 Å². The van der Waals surface area contributed by atoms with Gasteiger partial charge < -0.3 is 14.8 Å². The third-order valence-electron chi connectivity index (χ3n) is 3.94. The maximum Gasteiger partial charge on any atom is 0.262 e. The first-order chi connectivity index (χ1) is 14.3. The van der Waals surface area contributed by atoms with Gasteiger partial charge in [-0.1, -0.05) is 18.2 Å². The highest BCUT2D eigenvalue weighted by molar-refractivity contribution is 5.91. The fourth-order valence-corrected chi connectivity index (χ4v) is 2.55. The Labute approximate surface area is 166 Å². The van der Waals surface area contributed by atoms with Crippen molar-refractivity contribution in [3.8, 4) is 22.9 Å². The molecule has 4 rings (SSSR count). The molecule has 0 bridgehead atoms. The number of rotatable bonds is 7. The molecule has 0 unspecified atom stereocenters. The van der Waals surface area contributed by atoms with Crippen LogP contribution in [0.5, 0.6) is 17.2 Å². The summed E-state index contributed by atoms with van der Waals surface area (Å²) in [7, 11) is 0. The Morgan fingerprint density at radius 3 is 2.24 bits per heavy atom. The zero-order valence-corrected chi connectivity index (χ0v) is 15.3. The lowest BCUT2D eigenvalue weighted by atomic mass is 10.3. The minimum atomic E-state index is -0.259. The van der Waals surface area contributed by atoms with Crippen LogP contribution in [0.2, 0.25) is 0 Å². The molecule has 0 saturated carbocycles. The van der Waals surface area contributed by atoms with Crippen molar-refractivity contribution in [2.24, 2.45) is 0 Å². The van der Waals surface area contributed by atoms with Crippen LogP contribution < -0.4 is 14.8 Å². The Kier molecular flexibility index (Phi) is 5.43. The standard InChI is InChI=1S/C21H17N5O3/c27-21(23-16-6-8-17(9-7-16)26-15-22-24-25-26)14-28-18-10-12-20(13-11-18)29-19-4-2-1-3-5-19/h1-13,15H,14H2,(H,23,27). The van der Waals surface area contributed by atoms with Crippen molar-refractivity contribution in [1.29, 1.82) is 0 Å². The highest BCUT2D eigenvalue weighted by Gasteiger charge is 2.05. The first-order valence-corrected chi connectivity index (χ1v) is 8.85. The van der Waals surface area contributed by atoms with Crippen molar-refractivity contribution in [3.63, 3.8) is 0 Å². The molecule has 1 N–H and O–H groups in total. The highest BCUT2D eigenvalue weighted by atomic mass is 16.5. The Balaban J connectivity index is 1.27. The van der Waals surface area contributed by atoms with Gasteiger partial charge in [-0.2, -0.15) is 0 Å². The lowest BCUT2D eigenvalue weighted by Crippen LogP contribution is -2.20. The van der Waals surface area contributed by atoms with Gasteiger partial charge in [-0.3, -0.25) is 4.79 Å². The van der Waals surface area contributed by atoms with E-state index in [2.05, 4.69) is 20.8 Å². The molecule has 0 spiro atoms. The number of carbonyl (C=O) groups is 1. The highest BCUT2D eigenvalue weighted by Crippen LogP contribution is 2.23. The van der Waals surface area contributed by atoms with Gasteiger partial charge in [-0.15, -0.1) is 5.10 Å². The largest absolute Gasteiger partial charge is 0.484 e. The summed E-state index contributed by atoms with van der Waals surface area (Å²) in [4.78, 5) is 12.1. The summed E-state index contributed by atoms with van der Waals surface area (Å²) in [5.74, 6) is 1.77. The van der Waals surface area contributed by atoms with Gasteiger partial charge in [0, 0.05) is 5.69 Å². The van der Waals surface area contributed by atoms with Crippen LogP contribution in [0.25, 0.3) is 5.69 Å². The minimum Gasteiger partial charge on any atom is -0.484 e. The second-order valence-corrected chi connectivity index (χ2v) is 6.02. The van der Waals surface area contributed by atoms with E-state index >= 15 is 0 Å². The fourth-order valence-electron chi connectivity index (χ4n) is 2.55. The van der Waals surface area contributed by atoms with E-state index in [-0.39, 0.29) is 12.5 Å². The molecule has 0 atom stereocenters. The van der Waals surface area contributed by atoms with E-state index in [1.54, 1.807) is 48.5 Å². The summed E-state index contributed by atoms with van der Waals surface area (Å²) in [5, 5.41) is 13.8. The Hall–Kier alpha value is -4.20. The number of carbonyl (C=O) groups excluding carboxylic acids is 1. The summed E-state index contributed by atoms with van der Waals surface area (Å²) in [6.45, 7) is -0.104. The van der Waals surface area contributed by atoms with Gasteiger partial charge in [0.25, 0.3) is 5.91 Å². The molecule has 0 aliphatic carbocycles. The zero-order valence-electron chi connectivity index (χ0n) is 15.3. The first-order valence-electron chi connectivity index (χ1n) is 8.85. The van der Waals surface area contributed by atoms with Crippen LogP contribution in [0.15, 0.2) is 85.2 Å². The normalized spacial score (nSPS) is 10.3. The van der Waals surface area contributed by atoms with Crippen LogP contribution in [0.4, 0.5) is 5.69 Å². The molecule has 1 aromatic heterocycles. The van der Waals surface area contributed by atoms with E-state index in [9.17, 15) is 4.79 Å². The molecule has 144 valence electrons. The van der Waals surface area contributed by atoms with Crippen molar-refractivity contribution in [2.45, 2.75) is 0 Å². The number of hydrogen-bond acceptors (Lipinski definition) is 6. The van der Waals surface area contributed by atoms with Gasteiger partial charge in [0.15, 0.2) is 6.61 Å². The Morgan fingerprint density at radius 2 is 1.55 bits per heavy atom. The van der Waals surface area contributed by atoms with Crippen LogP contribution >= 0.6 is 0 Å². The van der Waals surface area contributed by atoms with Crippen molar-refractivity contribution >= 4 is 11.6 Å². The average Bonchev–Trinajstić information content (AvgIpc) is 3.30. The fraction of sp³-hybridized carbons (Fsp3) is 0.0476. The number of nitrogens with zero attached hydrogens (tertiary/aromatic N) is 4. The molecule has 0 radical (unpaired) electrons. The smallest absolute Gasteiger partial charge is 0.262 e. The maximum absolute atomic E-state index is 12.1. The molecule has 1 heterocycles. The molecule has 8 nitrogen and oxygen atoms in total. The first kappa shape index (κ1) is 18.2. The zero-order chi connectivity index (χ0) is 19.9. The van der Waals surface area contributed by atoms with E-state index < -0.39 is 0 Å². The number of aromatic nitrogens is 4. The van der Waals surface area contributed by atoms with Gasteiger partial charge in [0.1, 0.15) is 23.6 Å². The molecule has 1 amide bonds. The number of anilines is 1. The van der Waals surface area contributed by atoms with Crippen molar-refractivity contribution in [3.05, 3.63) is 85.2 Å². The van der Waals surface area contributed by atoms with Gasteiger partial charge >= 0.3 is 0 Å². The quantitative estimate of drug-likeness (QED) is 0.522. The Morgan fingerprint density at radius 1 is 0.862 bits per heavy atom. The van der Waals surface area contributed by atoms with Crippen LogP contribution in [0, 0.1) is 0 Å². The average molecular weight is 387 g/mol. The summed E-state index contributed by atoms with van der Waals surface area (Å²) < 4.78 is 12.8. The number of nitrogens with one attached hydrogen (secondary N) is 1. The summed E-state index contributed by atoms with van der Waals surface area (Å²) in [6, 6.07) is 23.7. The number of ether oxygens (including phenoxy) is 2. The molecular formula is C21H17N5O3. The maximum atomic E-state index is 12.1. The van der Waals surface area contributed by atoms with Crippen molar-refractivity contribution < 1.29 is 14.3 Å². The minimum absolute atomic E-state index is 0.104. The van der Waals surface area contributed by atoms with Crippen molar-refractivity contribution in [1.82, 2.24) is 20.2 Å². The molecule has 0 aliphatic heterocycles. The molecule has 0 fully saturated rings. The second-order valence-electron chi connectivity index (χ2n) is 6.02. The van der Waals surface area contributed by atoms with Gasteiger partial charge in [0.05, 0.1) is 5.69 Å². The van der Waals surface area contributed by atoms with E-state index in [4.69, 9.17) is 9.47 Å². The molecule has 3 aromatic carbocycles. The lowest BCUT2D eigenvalue weighted by Gasteiger charge is -2.09. The van der Waals surface area contributed by atoms with E-state index in [0.29, 0.717) is 17.2 Å². The molecule has 29 heavy (non-hydrogen) atoms. The predicted octanol–water partition coefficient (Wildman–Crippen LogP) is 3.47.